The van der Waals surface area contributed by atoms with Crippen molar-refractivity contribution in [3.05, 3.63) is 137 Å². The number of aromatic nitrogens is 2. The number of nitrogens with one attached hydrogen (secondary N) is 1. The van der Waals surface area contributed by atoms with Gasteiger partial charge in [-0.2, -0.15) is 5.10 Å². The summed E-state index contributed by atoms with van der Waals surface area (Å²) in [7, 11) is 0. The minimum absolute atomic E-state index is 0.0100. The molecule has 0 atom stereocenters. The Morgan fingerprint density at radius 3 is 2.24 bits per heavy atom. The fourth-order valence-corrected chi connectivity index (χ4v) is 4.31. The topological polar surface area (TPSA) is 94.2 Å². The van der Waals surface area contributed by atoms with Gasteiger partial charge in [0.1, 0.15) is 11.1 Å². The molecule has 0 saturated carbocycles. The maximum Gasteiger partial charge on any atom is 0.347 e. The van der Waals surface area contributed by atoms with Gasteiger partial charge in [-0.3, -0.25) is 9.59 Å². The van der Waals surface area contributed by atoms with Gasteiger partial charge >= 0.3 is 5.63 Å². The van der Waals surface area contributed by atoms with E-state index >= 15 is 0 Å². The van der Waals surface area contributed by atoms with Crippen molar-refractivity contribution in [2.24, 2.45) is 0 Å². The van der Waals surface area contributed by atoms with Gasteiger partial charge in [0.05, 0.1) is 11.3 Å². The van der Waals surface area contributed by atoms with Gasteiger partial charge in [0.15, 0.2) is 5.69 Å². The first kappa shape index (κ1) is 22.2. The predicted molar refractivity (Wildman–Crippen MR) is 141 cm³/mol. The van der Waals surface area contributed by atoms with Gasteiger partial charge < -0.3 is 9.73 Å². The second-order valence-corrected chi connectivity index (χ2v) is 8.47. The van der Waals surface area contributed by atoms with Crippen LogP contribution in [-0.4, -0.2) is 21.5 Å². The van der Waals surface area contributed by atoms with Crippen molar-refractivity contribution in [1.29, 1.82) is 0 Å². The number of para-hydroxylation sites is 2. The Labute approximate surface area is 210 Å². The lowest BCUT2D eigenvalue weighted by atomic mass is 10.0. The number of amides is 1. The molecule has 1 amide bonds. The molecule has 6 rings (SSSR count). The second kappa shape index (κ2) is 9.05. The van der Waals surface area contributed by atoms with Gasteiger partial charge in [-0.25, -0.2) is 9.48 Å². The Balaban J connectivity index is 1.50. The molecular formula is C30H19N3O4. The molecule has 7 heteroatoms. The number of anilines is 1. The summed E-state index contributed by atoms with van der Waals surface area (Å²) in [5, 5.41) is 9.61. The fourth-order valence-electron chi connectivity index (χ4n) is 4.31. The first-order chi connectivity index (χ1) is 18.1. The molecule has 37 heavy (non-hydrogen) atoms. The normalized spacial score (nSPS) is 11.0. The number of benzene rings is 4. The van der Waals surface area contributed by atoms with E-state index in [2.05, 4.69) is 10.4 Å². The molecular weight excluding hydrogens is 466 g/mol. The van der Waals surface area contributed by atoms with Crippen molar-refractivity contribution in [3.63, 3.8) is 0 Å². The summed E-state index contributed by atoms with van der Waals surface area (Å²) in [5.41, 5.74) is 0.519. The van der Waals surface area contributed by atoms with Gasteiger partial charge in [-0.15, -0.1) is 0 Å². The third-order valence-electron chi connectivity index (χ3n) is 6.11. The monoisotopic (exact) mass is 485 g/mol. The molecule has 7 nitrogen and oxygen atoms in total. The third-order valence-corrected chi connectivity index (χ3v) is 6.11. The quantitative estimate of drug-likeness (QED) is 0.194. The van der Waals surface area contributed by atoms with Gasteiger partial charge in [-0.1, -0.05) is 66.7 Å². The number of rotatable bonds is 5. The van der Waals surface area contributed by atoms with Crippen LogP contribution in [-0.2, 0) is 0 Å². The highest BCUT2D eigenvalue weighted by Gasteiger charge is 2.26. The number of nitrogens with zero attached hydrogens (tertiary/aromatic N) is 2. The Morgan fingerprint density at radius 1 is 0.757 bits per heavy atom. The van der Waals surface area contributed by atoms with Crippen LogP contribution in [0.25, 0.3) is 27.4 Å². The van der Waals surface area contributed by atoms with E-state index in [4.69, 9.17) is 4.42 Å². The van der Waals surface area contributed by atoms with E-state index in [0.29, 0.717) is 22.3 Å². The molecule has 2 heterocycles. The van der Waals surface area contributed by atoms with Gasteiger partial charge in [0.25, 0.3) is 5.91 Å². The highest BCUT2D eigenvalue weighted by Crippen LogP contribution is 2.26. The van der Waals surface area contributed by atoms with E-state index in [9.17, 15) is 14.4 Å². The average molecular weight is 485 g/mol. The molecule has 0 radical (unpaired) electrons. The molecule has 0 saturated heterocycles. The molecule has 0 fully saturated rings. The van der Waals surface area contributed by atoms with Crippen LogP contribution in [0, 0.1) is 0 Å². The zero-order valence-corrected chi connectivity index (χ0v) is 19.4. The summed E-state index contributed by atoms with van der Waals surface area (Å²) in [6.07, 6.45) is 1.46. The summed E-state index contributed by atoms with van der Waals surface area (Å²) < 4.78 is 6.98. The maximum absolute atomic E-state index is 13.8. The van der Waals surface area contributed by atoms with Crippen molar-refractivity contribution < 1.29 is 14.0 Å². The molecule has 0 aliphatic heterocycles. The zero-order valence-electron chi connectivity index (χ0n) is 19.4. The van der Waals surface area contributed by atoms with Crippen LogP contribution in [0.15, 0.2) is 119 Å². The smallest absolute Gasteiger partial charge is 0.347 e. The summed E-state index contributed by atoms with van der Waals surface area (Å²) in [6, 6.07) is 30.7. The van der Waals surface area contributed by atoms with Crippen molar-refractivity contribution in [1.82, 2.24) is 9.78 Å². The predicted octanol–water partition coefficient (Wildman–Crippen LogP) is 5.62. The number of carbonyl (C=O) groups excluding carboxylic acids is 2. The van der Waals surface area contributed by atoms with E-state index < -0.39 is 17.3 Å². The molecule has 0 aliphatic carbocycles. The number of hydrogen-bond donors (Lipinski definition) is 1. The minimum Gasteiger partial charge on any atom is -0.422 e. The lowest BCUT2D eigenvalue weighted by molar-refractivity contribution is 0.0992. The number of hydrogen-bond acceptors (Lipinski definition) is 5. The third kappa shape index (κ3) is 4.08. The Hall–Kier alpha value is -5.30. The summed E-state index contributed by atoms with van der Waals surface area (Å²) in [5.74, 6) is -1.22. The standard InChI is InChI=1S/C30H19N3O4/c34-28(24-17-23-22-14-8-7-9-19(22)15-16-26(23)37-30(24)36)25-18-33(21-12-5-2-6-13-21)32-27(25)29(35)31-20-10-3-1-4-11-20/h1-18H,(H,31,35). The zero-order chi connectivity index (χ0) is 25.4. The van der Waals surface area contributed by atoms with Crippen molar-refractivity contribution in [2.45, 2.75) is 0 Å². The van der Waals surface area contributed by atoms with Gasteiger partial charge in [0.2, 0.25) is 5.78 Å². The summed E-state index contributed by atoms with van der Waals surface area (Å²) >= 11 is 0. The van der Waals surface area contributed by atoms with Crippen LogP contribution in [0.5, 0.6) is 0 Å². The van der Waals surface area contributed by atoms with E-state index in [-0.39, 0.29) is 16.8 Å². The molecule has 0 bridgehead atoms. The molecule has 178 valence electrons. The van der Waals surface area contributed by atoms with Crippen molar-refractivity contribution in [2.75, 3.05) is 5.32 Å². The molecule has 0 unspecified atom stereocenters. The largest absolute Gasteiger partial charge is 0.422 e. The first-order valence-electron chi connectivity index (χ1n) is 11.6. The van der Waals surface area contributed by atoms with Gasteiger partial charge in [-0.05, 0) is 47.2 Å². The fraction of sp³-hybridized carbons (Fsp3) is 0. The van der Waals surface area contributed by atoms with E-state index in [1.54, 1.807) is 42.5 Å². The summed E-state index contributed by atoms with van der Waals surface area (Å²) in [4.78, 5) is 39.9. The SMILES string of the molecule is O=C(Nc1ccccc1)c1nn(-c2ccccc2)cc1C(=O)c1cc2c(ccc3ccccc32)oc1=O. The molecule has 6 aromatic rings. The van der Waals surface area contributed by atoms with E-state index in [1.807, 2.05) is 54.6 Å². The van der Waals surface area contributed by atoms with Crippen LogP contribution in [0.1, 0.15) is 26.4 Å². The van der Waals surface area contributed by atoms with Crippen LogP contribution in [0.3, 0.4) is 0 Å². The van der Waals surface area contributed by atoms with Crippen LogP contribution in [0.4, 0.5) is 5.69 Å². The number of ketones is 1. The second-order valence-electron chi connectivity index (χ2n) is 8.47. The van der Waals surface area contributed by atoms with Crippen molar-refractivity contribution >= 4 is 39.1 Å². The molecule has 4 aromatic carbocycles. The van der Waals surface area contributed by atoms with Crippen molar-refractivity contribution in [3.8, 4) is 5.69 Å². The average Bonchev–Trinajstić information content (AvgIpc) is 3.39. The maximum atomic E-state index is 13.8. The number of carbonyl (C=O) groups is 2. The number of fused-ring (bicyclic) bond motifs is 3. The summed E-state index contributed by atoms with van der Waals surface area (Å²) in [6.45, 7) is 0. The van der Waals surface area contributed by atoms with E-state index in [0.717, 1.165) is 10.8 Å². The van der Waals surface area contributed by atoms with Crippen LogP contribution >= 0.6 is 0 Å². The molecule has 1 N–H and O–H groups in total. The Morgan fingerprint density at radius 2 is 1.46 bits per heavy atom. The molecule has 2 aromatic heterocycles. The first-order valence-corrected chi connectivity index (χ1v) is 11.6. The van der Waals surface area contributed by atoms with E-state index in [1.165, 1.54) is 16.9 Å². The molecule has 0 spiro atoms. The van der Waals surface area contributed by atoms with Gasteiger partial charge in [0, 0.05) is 17.3 Å². The highest BCUT2D eigenvalue weighted by atomic mass is 16.4. The minimum atomic E-state index is -0.783. The van der Waals surface area contributed by atoms with Crippen LogP contribution in [0.2, 0.25) is 0 Å². The Bertz CT molecular complexity index is 1860. The lowest BCUT2D eigenvalue weighted by Gasteiger charge is -2.06. The Kier molecular flexibility index (Phi) is 5.43. The van der Waals surface area contributed by atoms with Crippen LogP contribution < -0.4 is 10.9 Å². The molecule has 0 aliphatic rings. The lowest BCUT2D eigenvalue weighted by Crippen LogP contribution is -2.20. The highest BCUT2D eigenvalue weighted by molar-refractivity contribution is 6.18.